The van der Waals surface area contributed by atoms with Crippen molar-refractivity contribution in [3.8, 4) is 0 Å². The zero-order valence-corrected chi connectivity index (χ0v) is 10.8. The molecule has 0 aromatic rings. The average Bonchev–Trinajstić information content (AvgIpc) is 2.83. The van der Waals surface area contributed by atoms with Crippen molar-refractivity contribution in [2.75, 3.05) is 13.6 Å². The van der Waals surface area contributed by atoms with Crippen LogP contribution in [0.5, 0.6) is 0 Å². The van der Waals surface area contributed by atoms with E-state index in [9.17, 15) is 14.4 Å². The van der Waals surface area contributed by atoms with E-state index in [1.54, 1.807) is 11.9 Å². The molecule has 19 heavy (non-hydrogen) atoms. The second kappa shape index (κ2) is 5.56. The number of carboxylic acid groups (broad SMARTS) is 1. The van der Waals surface area contributed by atoms with Crippen LogP contribution in [0.15, 0.2) is 0 Å². The highest BCUT2D eigenvalue weighted by Gasteiger charge is 2.36. The van der Waals surface area contributed by atoms with Crippen LogP contribution in [0.2, 0.25) is 0 Å². The molecule has 2 aliphatic rings. The first-order chi connectivity index (χ1) is 8.97. The second-order valence-corrected chi connectivity index (χ2v) is 5.05. The fraction of sp³-hybridized carbons (Fsp3) is 0.750. The molecule has 0 saturated carbocycles. The Balaban J connectivity index is 1.82. The predicted octanol–water partition coefficient (Wildman–Crippen LogP) is -0.644. The third-order valence-electron chi connectivity index (χ3n) is 3.56. The Morgan fingerprint density at radius 2 is 2.00 bits per heavy atom. The molecule has 2 N–H and O–H groups in total. The lowest BCUT2D eigenvalue weighted by Gasteiger charge is -2.30. The zero-order valence-electron chi connectivity index (χ0n) is 10.8. The van der Waals surface area contributed by atoms with Crippen molar-refractivity contribution in [1.29, 1.82) is 0 Å². The van der Waals surface area contributed by atoms with Gasteiger partial charge in [0.05, 0.1) is 0 Å². The summed E-state index contributed by atoms with van der Waals surface area (Å²) >= 11 is 0. The van der Waals surface area contributed by atoms with Gasteiger partial charge in [-0.3, -0.25) is 9.59 Å². The molecule has 0 aromatic heterocycles. The summed E-state index contributed by atoms with van der Waals surface area (Å²) in [4.78, 5) is 35.6. The Morgan fingerprint density at radius 1 is 1.32 bits per heavy atom. The zero-order chi connectivity index (χ0) is 14.0. The molecule has 2 rings (SSSR count). The molecule has 2 saturated heterocycles. The summed E-state index contributed by atoms with van der Waals surface area (Å²) in [6, 6.07) is -0.0809. The van der Waals surface area contributed by atoms with Gasteiger partial charge in [0.15, 0.2) is 6.10 Å². The fourth-order valence-corrected chi connectivity index (χ4v) is 2.44. The van der Waals surface area contributed by atoms with Crippen LogP contribution in [0.4, 0.5) is 0 Å². The number of hydrogen-bond donors (Lipinski definition) is 2. The van der Waals surface area contributed by atoms with Gasteiger partial charge < -0.3 is 20.1 Å². The molecule has 0 spiro atoms. The lowest BCUT2D eigenvalue weighted by atomic mass is 10.1. The maximum absolute atomic E-state index is 11.9. The standard InChI is InChI=1S/C12H18N2O5/c1-14-6-7(2-5-10(14)15)13-11(16)8-3-4-9(19-8)12(17)18/h7-9H,2-6H2,1H3,(H,13,16)(H,17,18). The van der Waals surface area contributed by atoms with Crippen molar-refractivity contribution in [1.82, 2.24) is 10.2 Å². The van der Waals surface area contributed by atoms with Gasteiger partial charge in [0.25, 0.3) is 0 Å². The van der Waals surface area contributed by atoms with E-state index < -0.39 is 18.2 Å². The quantitative estimate of drug-likeness (QED) is 0.711. The normalized spacial score (nSPS) is 31.3. The molecule has 0 radical (unpaired) electrons. The minimum Gasteiger partial charge on any atom is -0.479 e. The van der Waals surface area contributed by atoms with Gasteiger partial charge in [-0.1, -0.05) is 0 Å². The molecule has 0 bridgehead atoms. The fourth-order valence-electron chi connectivity index (χ4n) is 2.44. The Morgan fingerprint density at radius 3 is 2.58 bits per heavy atom. The first kappa shape index (κ1) is 13.8. The molecule has 7 heteroatoms. The van der Waals surface area contributed by atoms with Crippen LogP contribution in [-0.2, 0) is 19.1 Å². The molecule has 3 unspecified atom stereocenters. The summed E-state index contributed by atoms with van der Waals surface area (Å²) in [5, 5.41) is 11.6. The Kier molecular flexibility index (Phi) is 4.04. The summed E-state index contributed by atoms with van der Waals surface area (Å²) < 4.78 is 5.18. The summed E-state index contributed by atoms with van der Waals surface area (Å²) in [6.07, 6.45) is 0.241. The number of aliphatic carboxylic acids is 1. The number of carboxylic acids is 1. The molecule has 7 nitrogen and oxygen atoms in total. The molecule has 2 amide bonds. The van der Waals surface area contributed by atoms with E-state index in [-0.39, 0.29) is 17.9 Å². The van der Waals surface area contributed by atoms with E-state index in [0.29, 0.717) is 32.2 Å². The SMILES string of the molecule is CN1CC(NC(=O)C2CCC(C(=O)O)O2)CCC1=O. The number of hydrogen-bond acceptors (Lipinski definition) is 4. The van der Waals surface area contributed by atoms with Crippen LogP contribution in [0.3, 0.4) is 0 Å². The van der Waals surface area contributed by atoms with E-state index >= 15 is 0 Å². The number of amides is 2. The van der Waals surface area contributed by atoms with E-state index in [0.717, 1.165) is 0 Å². The third-order valence-corrected chi connectivity index (χ3v) is 3.56. The number of likely N-dealkylation sites (N-methyl/N-ethyl adjacent to an activating group) is 1. The first-order valence-electron chi connectivity index (χ1n) is 6.40. The molecule has 2 fully saturated rings. The highest BCUT2D eigenvalue weighted by Crippen LogP contribution is 2.20. The van der Waals surface area contributed by atoms with Gasteiger partial charge in [-0.15, -0.1) is 0 Å². The van der Waals surface area contributed by atoms with Crippen molar-refractivity contribution in [2.45, 2.75) is 43.9 Å². The van der Waals surface area contributed by atoms with E-state index in [2.05, 4.69) is 5.32 Å². The Labute approximate surface area is 110 Å². The highest BCUT2D eigenvalue weighted by molar-refractivity contribution is 5.83. The number of ether oxygens (including phenoxy) is 1. The second-order valence-electron chi connectivity index (χ2n) is 5.05. The van der Waals surface area contributed by atoms with Gasteiger partial charge in [0.1, 0.15) is 6.10 Å². The van der Waals surface area contributed by atoms with Crippen LogP contribution in [0.25, 0.3) is 0 Å². The van der Waals surface area contributed by atoms with Crippen LogP contribution >= 0.6 is 0 Å². The van der Waals surface area contributed by atoms with Gasteiger partial charge in [-0.05, 0) is 19.3 Å². The van der Waals surface area contributed by atoms with E-state index in [1.807, 2.05) is 0 Å². The Bertz CT molecular complexity index is 398. The third kappa shape index (κ3) is 3.23. The molecule has 0 aromatic carbocycles. The minimum absolute atomic E-state index is 0.0774. The van der Waals surface area contributed by atoms with Gasteiger partial charge in [0.2, 0.25) is 11.8 Å². The molecule has 3 atom stereocenters. The van der Waals surface area contributed by atoms with Gasteiger partial charge in [-0.2, -0.15) is 0 Å². The average molecular weight is 270 g/mol. The van der Waals surface area contributed by atoms with Crippen molar-refractivity contribution in [3.63, 3.8) is 0 Å². The van der Waals surface area contributed by atoms with Crippen LogP contribution in [0, 0.1) is 0 Å². The van der Waals surface area contributed by atoms with Gasteiger partial charge in [-0.25, -0.2) is 4.79 Å². The van der Waals surface area contributed by atoms with Crippen LogP contribution < -0.4 is 5.32 Å². The number of rotatable bonds is 3. The molecular formula is C12H18N2O5. The lowest BCUT2D eigenvalue weighted by molar-refractivity contribution is -0.152. The van der Waals surface area contributed by atoms with Gasteiger partial charge >= 0.3 is 5.97 Å². The van der Waals surface area contributed by atoms with Crippen molar-refractivity contribution in [3.05, 3.63) is 0 Å². The van der Waals surface area contributed by atoms with E-state index in [4.69, 9.17) is 9.84 Å². The summed E-state index contributed by atoms with van der Waals surface area (Å²) in [5.74, 6) is -1.23. The largest absolute Gasteiger partial charge is 0.479 e. The maximum atomic E-state index is 11.9. The number of carbonyl (C=O) groups excluding carboxylic acids is 2. The van der Waals surface area contributed by atoms with Crippen molar-refractivity contribution < 1.29 is 24.2 Å². The smallest absolute Gasteiger partial charge is 0.332 e. The molecule has 106 valence electrons. The van der Waals surface area contributed by atoms with E-state index in [1.165, 1.54) is 0 Å². The lowest BCUT2D eigenvalue weighted by Crippen LogP contribution is -2.50. The van der Waals surface area contributed by atoms with Crippen LogP contribution in [0.1, 0.15) is 25.7 Å². The monoisotopic (exact) mass is 270 g/mol. The molecular weight excluding hydrogens is 252 g/mol. The van der Waals surface area contributed by atoms with Gasteiger partial charge in [0, 0.05) is 26.1 Å². The predicted molar refractivity (Wildman–Crippen MR) is 64.3 cm³/mol. The highest BCUT2D eigenvalue weighted by atomic mass is 16.5. The van der Waals surface area contributed by atoms with Crippen LogP contribution in [-0.4, -0.2) is 59.6 Å². The topological polar surface area (TPSA) is 95.9 Å². The van der Waals surface area contributed by atoms with Crippen molar-refractivity contribution >= 4 is 17.8 Å². The first-order valence-corrected chi connectivity index (χ1v) is 6.40. The number of piperidine rings is 1. The van der Waals surface area contributed by atoms with Crippen molar-refractivity contribution in [2.24, 2.45) is 0 Å². The minimum atomic E-state index is -1.03. The maximum Gasteiger partial charge on any atom is 0.332 e. The molecule has 0 aliphatic carbocycles. The summed E-state index contributed by atoms with van der Waals surface area (Å²) in [6.45, 7) is 0.486. The number of carbonyl (C=O) groups is 3. The number of likely N-dealkylation sites (tertiary alicyclic amines) is 1. The number of nitrogens with zero attached hydrogens (tertiary/aromatic N) is 1. The molecule has 2 aliphatic heterocycles. The Hall–Kier alpha value is -1.63. The number of nitrogens with one attached hydrogen (secondary N) is 1. The summed E-state index contributed by atoms with van der Waals surface area (Å²) in [5.41, 5.74) is 0. The summed E-state index contributed by atoms with van der Waals surface area (Å²) in [7, 11) is 1.70. The molecule has 2 heterocycles.